The van der Waals surface area contributed by atoms with Gasteiger partial charge >= 0.3 is 6.09 Å². The molecule has 1 aromatic heterocycles. The Kier molecular flexibility index (Phi) is 5.72. The molecule has 1 aromatic rings. The van der Waals surface area contributed by atoms with Gasteiger partial charge in [-0.15, -0.1) is 0 Å². The number of ether oxygens (including phenoxy) is 1. The van der Waals surface area contributed by atoms with Gasteiger partial charge in [-0.1, -0.05) is 0 Å². The molecule has 2 rings (SSSR count). The maximum atomic E-state index is 12.3. The number of piperidine rings is 1. The summed E-state index contributed by atoms with van der Waals surface area (Å²) in [5.41, 5.74) is 7.00. The summed E-state index contributed by atoms with van der Waals surface area (Å²) in [6, 6.07) is 1.85. The Balaban J connectivity index is 1.88. The normalized spacial score (nSPS) is 17.5. The summed E-state index contributed by atoms with van der Waals surface area (Å²) in [5.74, 6) is -0.0952. The fraction of sp³-hybridized carbons (Fsp3) is 0.600. The van der Waals surface area contributed by atoms with Crippen LogP contribution in [0.3, 0.4) is 0 Å². The predicted molar refractivity (Wildman–Crippen MR) is 84.6 cm³/mol. The van der Waals surface area contributed by atoms with Crippen molar-refractivity contribution in [3.63, 3.8) is 0 Å². The fourth-order valence-electron chi connectivity index (χ4n) is 2.57. The highest BCUT2D eigenvalue weighted by Gasteiger charge is 2.29. The average molecular weight is 321 g/mol. The maximum Gasteiger partial charge on any atom is 0.409 e. The van der Waals surface area contributed by atoms with Crippen LogP contribution in [0.4, 0.5) is 10.7 Å². The Labute approximate surface area is 135 Å². The highest BCUT2D eigenvalue weighted by atomic mass is 16.6. The molecule has 0 saturated carbocycles. The highest BCUT2D eigenvalue weighted by Crippen LogP contribution is 2.17. The summed E-state index contributed by atoms with van der Waals surface area (Å²) in [6.07, 6.45) is 1.14. The summed E-state index contributed by atoms with van der Waals surface area (Å²) < 4.78 is 4.98. The van der Waals surface area contributed by atoms with Crippen molar-refractivity contribution in [3.05, 3.63) is 17.5 Å². The molecule has 0 spiro atoms. The quantitative estimate of drug-likeness (QED) is 0.814. The van der Waals surface area contributed by atoms with E-state index in [4.69, 9.17) is 4.74 Å². The molecule has 0 aromatic carbocycles. The van der Waals surface area contributed by atoms with E-state index in [2.05, 4.69) is 20.8 Å². The molecule has 8 nitrogen and oxygen atoms in total. The van der Waals surface area contributed by atoms with Gasteiger partial charge in [0, 0.05) is 24.5 Å². The summed E-state index contributed by atoms with van der Waals surface area (Å²) in [4.78, 5) is 34.0. The Morgan fingerprint density at radius 2 is 2.04 bits per heavy atom. The van der Waals surface area contributed by atoms with Crippen molar-refractivity contribution in [2.24, 2.45) is 5.92 Å². The van der Waals surface area contributed by atoms with Gasteiger partial charge in [0.05, 0.1) is 12.5 Å². The molecule has 23 heavy (non-hydrogen) atoms. The summed E-state index contributed by atoms with van der Waals surface area (Å²) in [5, 5.41) is 0. The number of hydrogen-bond acceptors (Lipinski definition) is 6. The number of nitrogens with one attached hydrogen (secondary N) is 2. The van der Waals surface area contributed by atoms with E-state index in [-0.39, 0.29) is 17.9 Å². The van der Waals surface area contributed by atoms with E-state index in [0.717, 1.165) is 24.2 Å². The first-order valence-electron chi connectivity index (χ1n) is 7.79. The van der Waals surface area contributed by atoms with Gasteiger partial charge < -0.3 is 9.64 Å². The molecule has 0 bridgehead atoms. The zero-order valence-corrected chi connectivity index (χ0v) is 13.8. The van der Waals surface area contributed by atoms with Gasteiger partial charge in [0.2, 0.25) is 11.9 Å². The summed E-state index contributed by atoms with van der Waals surface area (Å²) >= 11 is 0. The third kappa shape index (κ3) is 4.80. The number of amides is 2. The van der Waals surface area contributed by atoms with Crippen molar-refractivity contribution in [2.45, 2.75) is 33.6 Å². The second-order valence-electron chi connectivity index (χ2n) is 5.57. The lowest BCUT2D eigenvalue weighted by atomic mass is 9.98. The van der Waals surface area contributed by atoms with Crippen LogP contribution in [0, 0.1) is 19.8 Å². The molecule has 1 fully saturated rings. The molecule has 1 aliphatic heterocycles. The van der Waals surface area contributed by atoms with Gasteiger partial charge in [-0.2, -0.15) is 0 Å². The number of carbonyl (C=O) groups excluding carboxylic acids is 2. The van der Waals surface area contributed by atoms with Crippen molar-refractivity contribution in [3.8, 4) is 0 Å². The largest absolute Gasteiger partial charge is 0.450 e. The molecule has 126 valence electrons. The number of likely N-dealkylation sites (tertiary alicyclic amines) is 1. The molecular formula is C15H23N5O3. The van der Waals surface area contributed by atoms with Crippen LogP contribution in [0.5, 0.6) is 0 Å². The lowest BCUT2D eigenvalue weighted by Crippen LogP contribution is -2.46. The lowest BCUT2D eigenvalue weighted by Gasteiger charge is -2.31. The van der Waals surface area contributed by atoms with Crippen LogP contribution in [0.2, 0.25) is 0 Å². The van der Waals surface area contributed by atoms with E-state index in [1.165, 1.54) is 0 Å². The van der Waals surface area contributed by atoms with Crippen LogP contribution >= 0.6 is 0 Å². The van der Waals surface area contributed by atoms with Crippen LogP contribution in [0.1, 0.15) is 31.2 Å². The molecule has 2 heterocycles. The van der Waals surface area contributed by atoms with E-state index in [9.17, 15) is 9.59 Å². The molecule has 8 heteroatoms. The Bertz CT molecular complexity index is 558. The average Bonchev–Trinajstić information content (AvgIpc) is 2.52. The van der Waals surface area contributed by atoms with Gasteiger partial charge in [0.25, 0.3) is 0 Å². The van der Waals surface area contributed by atoms with E-state index < -0.39 is 0 Å². The van der Waals surface area contributed by atoms with Crippen LogP contribution in [-0.2, 0) is 9.53 Å². The lowest BCUT2D eigenvalue weighted by molar-refractivity contribution is -0.125. The first kappa shape index (κ1) is 17.0. The van der Waals surface area contributed by atoms with Gasteiger partial charge in [-0.25, -0.2) is 14.8 Å². The second-order valence-corrected chi connectivity index (χ2v) is 5.57. The standard InChI is InChI=1S/C15H23N5O3/c1-4-23-15(22)20-7-5-6-12(9-20)13(21)18-19-14-16-10(2)8-11(3)17-14/h8,12H,4-7,9H2,1-3H3,(H,18,21)(H,16,17,19). The smallest absolute Gasteiger partial charge is 0.409 e. The zero-order chi connectivity index (χ0) is 16.8. The molecular weight excluding hydrogens is 298 g/mol. The highest BCUT2D eigenvalue weighted by molar-refractivity contribution is 5.80. The van der Waals surface area contributed by atoms with Gasteiger partial charge in [-0.3, -0.25) is 15.6 Å². The Morgan fingerprint density at radius 3 is 2.70 bits per heavy atom. The van der Waals surface area contributed by atoms with Crippen molar-refractivity contribution < 1.29 is 14.3 Å². The van der Waals surface area contributed by atoms with Crippen LogP contribution in [-0.4, -0.2) is 46.6 Å². The molecule has 1 atom stereocenters. The molecule has 2 N–H and O–H groups in total. The number of carbonyl (C=O) groups is 2. The first-order valence-corrected chi connectivity index (χ1v) is 7.79. The van der Waals surface area contributed by atoms with Gasteiger partial charge in [-0.05, 0) is 39.7 Å². The van der Waals surface area contributed by atoms with E-state index in [1.54, 1.807) is 11.8 Å². The third-order valence-corrected chi connectivity index (χ3v) is 3.60. The summed E-state index contributed by atoms with van der Waals surface area (Å²) in [6.45, 7) is 6.80. The number of aromatic nitrogens is 2. The molecule has 2 amide bonds. The van der Waals surface area contributed by atoms with Crippen LogP contribution in [0.25, 0.3) is 0 Å². The van der Waals surface area contributed by atoms with Crippen molar-refractivity contribution >= 4 is 17.9 Å². The fourth-order valence-corrected chi connectivity index (χ4v) is 2.57. The van der Waals surface area contributed by atoms with Gasteiger partial charge in [0.15, 0.2) is 0 Å². The summed E-state index contributed by atoms with van der Waals surface area (Å²) in [7, 11) is 0. The third-order valence-electron chi connectivity index (χ3n) is 3.60. The van der Waals surface area contributed by atoms with Crippen molar-refractivity contribution in [1.29, 1.82) is 0 Å². The number of hydrazine groups is 1. The second kappa shape index (κ2) is 7.75. The Hall–Kier alpha value is -2.38. The number of anilines is 1. The maximum absolute atomic E-state index is 12.3. The monoisotopic (exact) mass is 321 g/mol. The number of rotatable bonds is 4. The van der Waals surface area contributed by atoms with Crippen molar-refractivity contribution in [1.82, 2.24) is 20.3 Å². The molecule has 1 aliphatic rings. The minimum atomic E-state index is -0.365. The minimum Gasteiger partial charge on any atom is -0.450 e. The van der Waals surface area contributed by atoms with E-state index in [0.29, 0.717) is 25.6 Å². The van der Waals surface area contributed by atoms with Crippen molar-refractivity contribution in [2.75, 3.05) is 25.1 Å². The molecule has 1 unspecified atom stereocenters. The minimum absolute atomic E-state index is 0.179. The van der Waals surface area contributed by atoms with E-state index >= 15 is 0 Å². The predicted octanol–water partition coefficient (Wildman–Crippen LogP) is 1.41. The SMILES string of the molecule is CCOC(=O)N1CCCC(C(=O)NNc2nc(C)cc(C)n2)C1. The molecule has 0 aliphatic carbocycles. The Morgan fingerprint density at radius 1 is 1.35 bits per heavy atom. The number of aryl methyl sites for hydroxylation is 2. The molecule has 1 saturated heterocycles. The van der Waals surface area contributed by atoms with Crippen LogP contribution in [0.15, 0.2) is 6.07 Å². The topological polar surface area (TPSA) is 96.5 Å². The number of nitrogens with zero attached hydrogens (tertiary/aromatic N) is 3. The molecule has 0 radical (unpaired) electrons. The zero-order valence-electron chi connectivity index (χ0n) is 13.8. The van der Waals surface area contributed by atoms with Gasteiger partial charge in [0.1, 0.15) is 0 Å². The van der Waals surface area contributed by atoms with Crippen LogP contribution < -0.4 is 10.9 Å². The number of hydrogen-bond donors (Lipinski definition) is 2. The first-order chi connectivity index (χ1) is 11.0. The van der Waals surface area contributed by atoms with E-state index in [1.807, 2.05) is 19.9 Å².